The molecule has 8 nitrogen and oxygen atoms in total. The number of Topliss-reactive ketones (excluding diaryl/α,β-unsaturated/α-hetero) is 1. The van der Waals surface area contributed by atoms with Gasteiger partial charge in [-0.3, -0.25) is 14.4 Å². The number of methoxy groups -OCH3 is 1. The number of rotatable bonds is 12. The Balaban J connectivity index is 1.91. The average Bonchev–Trinajstić information content (AvgIpc) is 3.37. The summed E-state index contributed by atoms with van der Waals surface area (Å²) in [7, 11) is -2.84. The molecule has 1 aromatic heterocycles. The number of carbonyl (C=O) groups excluding carboxylic acids is 3. The number of unbranched alkanes of at least 4 members (excludes halogenated alkanes) is 3. The van der Waals surface area contributed by atoms with Crippen molar-refractivity contribution in [3.63, 3.8) is 0 Å². The highest BCUT2D eigenvalue weighted by Gasteiger charge is 2.50. The van der Waals surface area contributed by atoms with Crippen molar-refractivity contribution >= 4 is 27.7 Å². The number of benzene rings is 1. The fourth-order valence-electron chi connectivity index (χ4n) is 5.04. The third kappa shape index (κ3) is 6.26. The second kappa shape index (κ2) is 12.6. The average molecular weight is 544 g/mol. The number of nitrogens with zero attached hydrogens (tertiary/aromatic N) is 1. The molecule has 9 heteroatoms. The van der Waals surface area contributed by atoms with Crippen LogP contribution in [0.1, 0.15) is 79.7 Å². The van der Waals surface area contributed by atoms with Crippen molar-refractivity contribution in [1.29, 1.82) is 0 Å². The molecule has 1 heterocycles. The molecule has 0 saturated heterocycles. The summed E-state index contributed by atoms with van der Waals surface area (Å²) in [5, 5.41) is 0. The van der Waals surface area contributed by atoms with Gasteiger partial charge in [0.2, 0.25) is 0 Å². The molecule has 206 valence electrons. The molecule has 1 aliphatic carbocycles. The van der Waals surface area contributed by atoms with E-state index in [1.54, 1.807) is 36.4 Å². The lowest BCUT2D eigenvalue weighted by atomic mass is 9.83. The summed E-state index contributed by atoms with van der Waals surface area (Å²) in [6, 6.07) is 8.33. The zero-order chi connectivity index (χ0) is 28.0. The Morgan fingerprint density at radius 3 is 2.37 bits per heavy atom. The van der Waals surface area contributed by atoms with Crippen LogP contribution in [-0.2, 0) is 35.5 Å². The minimum atomic E-state index is -4.08. The monoisotopic (exact) mass is 543 g/mol. The van der Waals surface area contributed by atoms with E-state index in [1.807, 2.05) is 26.8 Å². The van der Waals surface area contributed by atoms with Gasteiger partial charge in [0, 0.05) is 18.5 Å². The first-order valence-electron chi connectivity index (χ1n) is 13.0. The van der Waals surface area contributed by atoms with Crippen molar-refractivity contribution in [2.45, 2.75) is 70.6 Å². The second-order valence-corrected chi connectivity index (χ2v) is 11.8. The number of fused-ring (bicyclic) bond motifs is 1. The Labute approximate surface area is 225 Å². The lowest BCUT2D eigenvalue weighted by Gasteiger charge is -2.21. The summed E-state index contributed by atoms with van der Waals surface area (Å²) in [6.45, 7) is 7.33. The van der Waals surface area contributed by atoms with Crippen LogP contribution >= 0.6 is 0 Å². The summed E-state index contributed by atoms with van der Waals surface area (Å²) in [4.78, 5) is 37.1. The number of ether oxygens (including phenoxy) is 2. The van der Waals surface area contributed by atoms with Gasteiger partial charge >= 0.3 is 11.9 Å². The van der Waals surface area contributed by atoms with E-state index >= 15 is 0 Å². The molecule has 2 aromatic rings. The van der Waals surface area contributed by atoms with Crippen molar-refractivity contribution in [2.24, 2.45) is 11.8 Å². The second-order valence-electron chi connectivity index (χ2n) is 10.0. The first kappa shape index (κ1) is 29.4. The van der Waals surface area contributed by atoms with Crippen LogP contribution in [-0.4, -0.2) is 43.8 Å². The van der Waals surface area contributed by atoms with Crippen LogP contribution in [0.5, 0.6) is 0 Å². The van der Waals surface area contributed by atoms with Crippen LogP contribution in [0.3, 0.4) is 0 Å². The topological polar surface area (TPSA) is 109 Å². The van der Waals surface area contributed by atoms with Crippen molar-refractivity contribution in [1.82, 2.24) is 3.97 Å². The maximum absolute atomic E-state index is 13.9. The predicted molar refractivity (Wildman–Crippen MR) is 144 cm³/mol. The summed E-state index contributed by atoms with van der Waals surface area (Å²) in [5.74, 6) is -3.06. The molecule has 0 fully saturated rings. The van der Waals surface area contributed by atoms with Crippen molar-refractivity contribution < 1.29 is 32.3 Å². The molecular formula is C29H37NO7S. The summed E-state index contributed by atoms with van der Waals surface area (Å²) < 4.78 is 38.7. The highest BCUT2D eigenvalue weighted by molar-refractivity contribution is 7.90. The third-order valence-electron chi connectivity index (χ3n) is 6.88. The van der Waals surface area contributed by atoms with Gasteiger partial charge in [-0.1, -0.05) is 50.1 Å². The normalized spacial score (nSPS) is 17.3. The Bertz CT molecular complexity index is 1300. The molecule has 0 N–H and O–H groups in total. The molecule has 0 spiro atoms. The van der Waals surface area contributed by atoms with Crippen molar-refractivity contribution in [3.05, 3.63) is 65.0 Å². The van der Waals surface area contributed by atoms with Gasteiger partial charge in [-0.05, 0) is 62.3 Å². The van der Waals surface area contributed by atoms with Crippen LogP contribution < -0.4 is 0 Å². The standard InChI is InChI=1S/C29H37NO7S/c1-19(2)25-24-18-22(12-10-8-6-7-9-11-17-37-21(4)31)30(27(24)28(32)26(25)29(33)36-5)38(34,35)23-15-13-20(3)14-16-23/h9,11,13-16,18-19,25-26H,6-8,10,12,17H2,1-5H3/b11-9+/t25-,26+/m0/s1. The molecule has 1 aliphatic rings. The van der Waals surface area contributed by atoms with Crippen LogP contribution in [0.25, 0.3) is 0 Å². The molecule has 2 atom stereocenters. The quantitative estimate of drug-likeness (QED) is 0.161. The highest BCUT2D eigenvalue weighted by Crippen LogP contribution is 2.46. The number of allylic oxidation sites excluding steroid dienone is 1. The summed E-state index contributed by atoms with van der Waals surface area (Å²) in [6.07, 6.45) is 7.52. The van der Waals surface area contributed by atoms with Crippen molar-refractivity contribution in [3.8, 4) is 0 Å². The van der Waals surface area contributed by atoms with Gasteiger partial charge in [-0.2, -0.15) is 0 Å². The van der Waals surface area contributed by atoms with Crippen LogP contribution in [0.15, 0.2) is 47.4 Å². The first-order chi connectivity index (χ1) is 18.0. The van der Waals surface area contributed by atoms with E-state index in [0.29, 0.717) is 17.7 Å². The molecule has 38 heavy (non-hydrogen) atoms. The highest BCUT2D eigenvalue weighted by atomic mass is 32.2. The SMILES string of the molecule is COC(=O)[C@H]1C(=O)c2c(cc(CCCCC/C=C/COC(C)=O)n2S(=O)(=O)c2ccc(C)cc2)[C@@H]1C(C)C. The lowest BCUT2D eigenvalue weighted by molar-refractivity contribution is -0.144. The van der Waals surface area contributed by atoms with E-state index < -0.39 is 33.6 Å². The van der Waals surface area contributed by atoms with E-state index in [0.717, 1.165) is 31.2 Å². The number of carbonyl (C=O) groups is 3. The van der Waals surface area contributed by atoms with E-state index in [-0.39, 0.29) is 29.1 Å². The van der Waals surface area contributed by atoms with E-state index in [9.17, 15) is 22.8 Å². The zero-order valence-electron chi connectivity index (χ0n) is 22.7. The minimum absolute atomic E-state index is 0.0723. The largest absolute Gasteiger partial charge is 0.468 e. The Hall–Kier alpha value is -3.20. The maximum Gasteiger partial charge on any atom is 0.317 e. The van der Waals surface area contributed by atoms with Crippen LogP contribution in [0.4, 0.5) is 0 Å². The molecule has 0 unspecified atom stereocenters. The van der Waals surface area contributed by atoms with E-state index in [4.69, 9.17) is 9.47 Å². The molecule has 3 rings (SSSR count). The van der Waals surface area contributed by atoms with E-state index in [1.165, 1.54) is 18.0 Å². The smallest absolute Gasteiger partial charge is 0.317 e. The number of esters is 2. The zero-order valence-corrected chi connectivity index (χ0v) is 23.5. The summed E-state index contributed by atoms with van der Waals surface area (Å²) in [5.41, 5.74) is 2.14. The molecule has 0 amide bonds. The van der Waals surface area contributed by atoms with E-state index in [2.05, 4.69) is 0 Å². The number of ketones is 1. The fourth-order valence-corrected chi connectivity index (χ4v) is 6.62. The van der Waals surface area contributed by atoms with Gasteiger partial charge < -0.3 is 9.47 Å². The summed E-state index contributed by atoms with van der Waals surface area (Å²) >= 11 is 0. The van der Waals surface area contributed by atoms with Gasteiger partial charge in [0.25, 0.3) is 10.0 Å². The van der Waals surface area contributed by atoms with Crippen molar-refractivity contribution in [2.75, 3.05) is 13.7 Å². The predicted octanol–water partition coefficient (Wildman–Crippen LogP) is 4.98. The third-order valence-corrected chi connectivity index (χ3v) is 8.65. The molecule has 0 saturated carbocycles. The van der Waals surface area contributed by atoms with Gasteiger partial charge in [0.15, 0.2) is 5.78 Å². The molecule has 1 aromatic carbocycles. The maximum atomic E-state index is 13.9. The Morgan fingerprint density at radius 2 is 1.76 bits per heavy atom. The fraction of sp³-hybridized carbons (Fsp3) is 0.483. The lowest BCUT2D eigenvalue weighted by Crippen LogP contribution is -2.30. The molecule has 0 aliphatic heterocycles. The van der Waals surface area contributed by atoms with Gasteiger partial charge in [0.05, 0.1) is 12.0 Å². The number of hydrogen-bond donors (Lipinski definition) is 0. The minimum Gasteiger partial charge on any atom is -0.468 e. The van der Waals surface area contributed by atoms with Gasteiger partial charge in [0.1, 0.15) is 18.2 Å². The first-order valence-corrected chi connectivity index (χ1v) is 14.4. The number of hydrogen-bond acceptors (Lipinski definition) is 7. The number of aryl methyl sites for hydroxylation is 2. The van der Waals surface area contributed by atoms with Crippen LogP contribution in [0, 0.1) is 18.8 Å². The Morgan fingerprint density at radius 1 is 1.08 bits per heavy atom. The molecule has 0 bridgehead atoms. The molecular weight excluding hydrogens is 506 g/mol. The Kier molecular flexibility index (Phi) is 9.71. The van der Waals surface area contributed by atoms with Gasteiger partial charge in [-0.15, -0.1) is 0 Å². The number of aromatic nitrogens is 1. The molecule has 0 radical (unpaired) electrons. The van der Waals surface area contributed by atoms with Gasteiger partial charge in [-0.25, -0.2) is 12.4 Å². The van der Waals surface area contributed by atoms with Crippen LogP contribution in [0.2, 0.25) is 0 Å².